The maximum Gasteiger partial charge on any atom is 0.265 e. The molecule has 4 N–H and O–H groups in total. The molecule has 0 saturated carbocycles. The van der Waals surface area contributed by atoms with E-state index in [-0.39, 0.29) is 10.8 Å². The minimum Gasteiger partial charge on any atom is -0.292 e. The average molecular weight is 379 g/mol. The number of hydrazine groups is 1. The number of benzene rings is 1. The van der Waals surface area contributed by atoms with E-state index in [1.807, 2.05) is 0 Å². The summed E-state index contributed by atoms with van der Waals surface area (Å²) in [4.78, 5) is 7.39. The minimum absolute atomic E-state index is 0.0941. The number of nitrogens with two attached hydrogens (primary N) is 1. The van der Waals surface area contributed by atoms with Gasteiger partial charge in [-0.3, -0.25) is 10.1 Å². The smallest absolute Gasteiger partial charge is 0.265 e. The molecule has 0 aliphatic carbocycles. The lowest BCUT2D eigenvalue weighted by atomic mass is 10.3. The van der Waals surface area contributed by atoms with Gasteiger partial charge in [-0.1, -0.05) is 11.6 Å². The van der Waals surface area contributed by atoms with Gasteiger partial charge in [0.2, 0.25) is 5.95 Å². The van der Waals surface area contributed by atoms with Crippen LogP contribution >= 0.6 is 27.5 Å². The quantitative estimate of drug-likeness (QED) is 0.554. The monoisotopic (exact) mass is 377 g/mol. The van der Waals surface area contributed by atoms with Gasteiger partial charge in [0.25, 0.3) is 10.0 Å². The van der Waals surface area contributed by atoms with E-state index in [4.69, 9.17) is 17.4 Å². The first-order chi connectivity index (χ1) is 9.42. The third kappa shape index (κ3) is 3.37. The molecule has 1 aromatic heterocycles. The second-order valence-electron chi connectivity index (χ2n) is 3.62. The minimum atomic E-state index is -3.81. The van der Waals surface area contributed by atoms with Crippen LogP contribution in [0.5, 0.6) is 0 Å². The second-order valence-corrected chi connectivity index (χ2v) is 6.59. The van der Waals surface area contributed by atoms with Crippen LogP contribution in [0.15, 0.2) is 40.0 Å². The maximum atomic E-state index is 12.2. The molecule has 0 fully saturated rings. The van der Waals surface area contributed by atoms with Gasteiger partial charge in [-0.25, -0.2) is 24.2 Å². The van der Waals surface area contributed by atoms with E-state index < -0.39 is 10.0 Å². The molecule has 0 aliphatic rings. The number of halogens is 2. The maximum absolute atomic E-state index is 12.2. The van der Waals surface area contributed by atoms with E-state index in [1.165, 1.54) is 6.07 Å². The Labute approximate surface area is 128 Å². The summed E-state index contributed by atoms with van der Waals surface area (Å²) in [5, 5.41) is 0.407. The predicted octanol–water partition coefficient (Wildman–Crippen LogP) is 1.98. The van der Waals surface area contributed by atoms with Gasteiger partial charge >= 0.3 is 0 Å². The first-order valence-electron chi connectivity index (χ1n) is 5.19. The van der Waals surface area contributed by atoms with Crippen molar-refractivity contribution in [3.8, 4) is 0 Å². The topological polar surface area (TPSA) is 110 Å². The summed E-state index contributed by atoms with van der Waals surface area (Å²) >= 11 is 9.06. The van der Waals surface area contributed by atoms with Gasteiger partial charge in [0.15, 0.2) is 0 Å². The first-order valence-corrected chi connectivity index (χ1v) is 7.84. The van der Waals surface area contributed by atoms with Crippen molar-refractivity contribution in [2.45, 2.75) is 4.90 Å². The van der Waals surface area contributed by atoms with Crippen LogP contribution in [-0.2, 0) is 10.0 Å². The molecule has 1 aromatic carbocycles. The Morgan fingerprint density at radius 2 is 1.90 bits per heavy atom. The highest BCUT2D eigenvalue weighted by molar-refractivity contribution is 9.10. The molecule has 0 amide bonds. The van der Waals surface area contributed by atoms with Crippen LogP contribution in [0.2, 0.25) is 5.02 Å². The van der Waals surface area contributed by atoms with Gasteiger partial charge in [0.05, 0.1) is 18.1 Å². The number of nitrogens with zero attached hydrogens (tertiary/aromatic N) is 2. The summed E-state index contributed by atoms with van der Waals surface area (Å²) in [5.41, 5.74) is 2.53. The van der Waals surface area contributed by atoms with Crippen molar-refractivity contribution in [2.75, 3.05) is 10.1 Å². The molecule has 0 aliphatic heterocycles. The number of hydrogen-bond donors (Lipinski definition) is 3. The third-order valence-electron chi connectivity index (χ3n) is 2.24. The first kappa shape index (κ1) is 15.0. The zero-order chi connectivity index (χ0) is 14.8. The Kier molecular flexibility index (Phi) is 4.43. The van der Waals surface area contributed by atoms with Crippen LogP contribution in [-0.4, -0.2) is 18.4 Å². The van der Waals surface area contributed by atoms with E-state index >= 15 is 0 Å². The lowest BCUT2D eigenvalue weighted by Gasteiger charge is -2.10. The van der Waals surface area contributed by atoms with Crippen molar-refractivity contribution in [2.24, 2.45) is 5.84 Å². The van der Waals surface area contributed by atoms with Gasteiger partial charge < -0.3 is 0 Å². The molecule has 106 valence electrons. The molecule has 0 unspecified atom stereocenters. The molecule has 0 saturated heterocycles. The number of anilines is 2. The SMILES string of the molecule is NNc1ncc(S(=O)(=O)Nc2cc(Cl)ccc2Br)cn1. The Morgan fingerprint density at radius 1 is 1.25 bits per heavy atom. The zero-order valence-corrected chi connectivity index (χ0v) is 13.0. The Morgan fingerprint density at radius 3 is 2.50 bits per heavy atom. The molecular formula is C10H9BrClN5O2S. The number of hydrogen-bond acceptors (Lipinski definition) is 6. The second kappa shape index (κ2) is 5.92. The van der Waals surface area contributed by atoms with Crippen LogP contribution in [0.3, 0.4) is 0 Å². The summed E-state index contributed by atoms with van der Waals surface area (Å²) in [7, 11) is -3.81. The highest BCUT2D eigenvalue weighted by atomic mass is 79.9. The van der Waals surface area contributed by atoms with Crippen LogP contribution in [0.25, 0.3) is 0 Å². The number of nitrogens with one attached hydrogen (secondary N) is 2. The molecule has 7 nitrogen and oxygen atoms in total. The van der Waals surface area contributed by atoms with Crippen molar-refractivity contribution in [3.05, 3.63) is 40.1 Å². The summed E-state index contributed by atoms with van der Waals surface area (Å²) in [6, 6.07) is 4.76. The predicted molar refractivity (Wildman–Crippen MR) is 79.8 cm³/mol. The van der Waals surface area contributed by atoms with Crippen LogP contribution in [0.4, 0.5) is 11.6 Å². The summed E-state index contributed by atoms with van der Waals surface area (Å²) in [6.45, 7) is 0. The van der Waals surface area contributed by atoms with Crippen molar-refractivity contribution in [1.29, 1.82) is 0 Å². The van der Waals surface area contributed by atoms with Gasteiger partial charge in [-0.15, -0.1) is 0 Å². The highest BCUT2D eigenvalue weighted by Gasteiger charge is 2.17. The molecule has 10 heteroatoms. The Hall–Kier alpha value is -1.42. The van der Waals surface area contributed by atoms with E-state index in [1.54, 1.807) is 12.1 Å². The van der Waals surface area contributed by atoms with Crippen molar-refractivity contribution < 1.29 is 8.42 Å². The van der Waals surface area contributed by atoms with E-state index in [0.29, 0.717) is 15.2 Å². The molecule has 0 bridgehead atoms. The average Bonchev–Trinajstić information content (AvgIpc) is 2.43. The van der Waals surface area contributed by atoms with Crippen LogP contribution < -0.4 is 16.0 Å². The molecule has 1 heterocycles. The van der Waals surface area contributed by atoms with Crippen LogP contribution in [0.1, 0.15) is 0 Å². The zero-order valence-electron chi connectivity index (χ0n) is 9.84. The lowest BCUT2D eigenvalue weighted by Crippen LogP contribution is -2.15. The number of nitrogen functional groups attached to an aromatic ring is 1. The fraction of sp³-hybridized carbons (Fsp3) is 0. The molecule has 0 atom stereocenters. The Bertz CT molecular complexity index is 723. The van der Waals surface area contributed by atoms with Gasteiger partial charge in [0, 0.05) is 9.50 Å². The van der Waals surface area contributed by atoms with Gasteiger partial charge in [-0.2, -0.15) is 0 Å². The van der Waals surface area contributed by atoms with E-state index in [0.717, 1.165) is 12.4 Å². The van der Waals surface area contributed by atoms with Crippen molar-refractivity contribution >= 4 is 49.2 Å². The Balaban J connectivity index is 2.32. The van der Waals surface area contributed by atoms with E-state index in [2.05, 4.69) is 36.0 Å². The highest BCUT2D eigenvalue weighted by Crippen LogP contribution is 2.27. The summed E-state index contributed by atoms with van der Waals surface area (Å²) in [6.07, 6.45) is 2.28. The van der Waals surface area contributed by atoms with Crippen LogP contribution in [0, 0.1) is 0 Å². The van der Waals surface area contributed by atoms with Gasteiger partial charge in [-0.05, 0) is 34.1 Å². The number of aromatic nitrogens is 2. The molecule has 0 spiro atoms. The molecule has 0 radical (unpaired) electrons. The fourth-order valence-corrected chi connectivity index (χ4v) is 2.92. The van der Waals surface area contributed by atoms with Crippen molar-refractivity contribution in [1.82, 2.24) is 9.97 Å². The largest absolute Gasteiger partial charge is 0.292 e. The standard InChI is InChI=1S/C10H9BrClN5O2S/c11-8-2-1-6(12)3-9(8)17-20(18,19)7-4-14-10(16-13)15-5-7/h1-5,17H,13H2,(H,14,15,16). The molecule has 2 rings (SSSR count). The van der Waals surface area contributed by atoms with Crippen molar-refractivity contribution in [3.63, 3.8) is 0 Å². The fourth-order valence-electron chi connectivity index (χ4n) is 1.31. The number of sulfonamides is 1. The molecule has 20 heavy (non-hydrogen) atoms. The third-order valence-corrected chi connectivity index (χ3v) is 4.49. The molecular weight excluding hydrogens is 370 g/mol. The summed E-state index contributed by atoms with van der Waals surface area (Å²) < 4.78 is 27.3. The normalized spacial score (nSPS) is 11.2. The van der Waals surface area contributed by atoms with Gasteiger partial charge in [0.1, 0.15) is 4.90 Å². The van der Waals surface area contributed by atoms with E-state index in [9.17, 15) is 8.42 Å². The number of rotatable bonds is 4. The summed E-state index contributed by atoms with van der Waals surface area (Å²) in [5.74, 6) is 5.23. The lowest BCUT2D eigenvalue weighted by molar-refractivity contribution is 0.600. The molecule has 2 aromatic rings.